The fourth-order valence-electron chi connectivity index (χ4n) is 3.10. The number of hydrazine groups is 1. The molecule has 3 aliphatic heterocycles. The highest BCUT2D eigenvalue weighted by Crippen LogP contribution is 2.27. The van der Waals surface area contributed by atoms with Crippen molar-refractivity contribution in [3.05, 3.63) is 65.4 Å². The number of allylic oxidation sites excluding steroid dienone is 2. The fraction of sp³-hybridized carbons (Fsp3) is 0.278. The molecule has 0 radical (unpaired) electrons. The lowest BCUT2D eigenvalue weighted by atomic mass is 10.1. The Kier molecular flexibility index (Phi) is 4.07. The zero-order chi connectivity index (χ0) is 17.2. The lowest BCUT2D eigenvalue weighted by Crippen LogP contribution is -2.45. The van der Waals surface area contributed by atoms with Crippen LogP contribution < -0.4 is 16.1 Å². The number of carboxylic acid groups (broad SMARTS) is 1. The molecule has 0 aromatic heterocycles. The van der Waals surface area contributed by atoms with Crippen LogP contribution in [0.2, 0.25) is 0 Å². The standard InChI is InChI=1S/C18H20N4O3/c23-18(24)13-3-1-12(2-4-13)15-11-19-17-6-5-16(21-22(15)17)20-14-7-9-25-10-8-14/h1-6,11,14,19-21H,7-10H2,(H,23,24). The molecule has 4 N–H and O–H groups in total. The number of aromatic carboxylic acids is 1. The van der Waals surface area contributed by atoms with Crippen LogP contribution in [0.1, 0.15) is 28.8 Å². The van der Waals surface area contributed by atoms with Gasteiger partial charge in [-0.05, 0) is 37.1 Å². The highest BCUT2D eigenvalue weighted by molar-refractivity contribution is 5.88. The largest absolute Gasteiger partial charge is 0.478 e. The van der Waals surface area contributed by atoms with Crippen LogP contribution >= 0.6 is 0 Å². The van der Waals surface area contributed by atoms with E-state index in [1.807, 2.05) is 35.5 Å². The molecule has 130 valence electrons. The Balaban J connectivity index is 1.47. The minimum absolute atomic E-state index is 0.277. The van der Waals surface area contributed by atoms with Gasteiger partial charge >= 0.3 is 5.97 Å². The SMILES string of the molecule is O=C(O)c1ccc(C2=CNC3=CC=C(NC4CCOCC4)NN32)cc1. The number of nitrogens with zero attached hydrogens (tertiary/aromatic N) is 1. The van der Waals surface area contributed by atoms with E-state index >= 15 is 0 Å². The van der Waals surface area contributed by atoms with E-state index < -0.39 is 5.97 Å². The molecular weight excluding hydrogens is 320 g/mol. The Hall–Kier alpha value is -2.93. The van der Waals surface area contributed by atoms with E-state index in [1.165, 1.54) is 0 Å². The normalized spacial score (nSPS) is 19.8. The van der Waals surface area contributed by atoms with E-state index in [9.17, 15) is 4.79 Å². The van der Waals surface area contributed by atoms with Crippen molar-refractivity contribution in [3.8, 4) is 0 Å². The second-order valence-electron chi connectivity index (χ2n) is 6.17. The molecule has 3 aliphatic rings. The lowest BCUT2D eigenvalue weighted by molar-refractivity contribution is 0.0696. The number of hydrogen-bond acceptors (Lipinski definition) is 6. The van der Waals surface area contributed by atoms with E-state index in [-0.39, 0.29) is 5.56 Å². The number of benzene rings is 1. The van der Waals surface area contributed by atoms with Gasteiger partial charge in [-0.2, -0.15) is 0 Å². The topological polar surface area (TPSA) is 85.9 Å². The zero-order valence-electron chi connectivity index (χ0n) is 13.7. The van der Waals surface area contributed by atoms with E-state index in [1.54, 1.807) is 12.1 Å². The Morgan fingerprint density at radius 1 is 1.20 bits per heavy atom. The third kappa shape index (κ3) is 3.18. The van der Waals surface area contributed by atoms with Gasteiger partial charge in [-0.25, -0.2) is 9.80 Å². The molecule has 1 aromatic rings. The number of carboxylic acids is 1. The summed E-state index contributed by atoms with van der Waals surface area (Å²) in [5.41, 5.74) is 5.52. The van der Waals surface area contributed by atoms with Gasteiger partial charge in [0, 0.05) is 31.0 Å². The molecule has 0 aliphatic carbocycles. The summed E-state index contributed by atoms with van der Waals surface area (Å²) < 4.78 is 5.40. The summed E-state index contributed by atoms with van der Waals surface area (Å²) in [6.07, 6.45) is 7.91. The van der Waals surface area contributed by atoms with Gasteiger partial charge in [0.25, 0.3) is 0 Å². The minimum Gasteiger partial charge on any atom is -0.478 e. The first-order valence-electron chi connectivity index (χ1n) is 8.34. The number of ether oxygens (including phenoxy) is 1. The summed E-state index contributed by atoms with van der Waals surface area (Å²) in [6.45, 7) is 1.58. The molecule has 1 aromatic carbocycles. The van der Waals surface area contributed by atoms with Crippen LogP contribution in [-0.4, -0.2) is 35.3 Å². The number of hydrogen-bond donors (Lipinski definition) is 4. The summed E-state index contributed by atoms with van der Waals surface area (Å²) in [5.74, 6) is 0.940. The predicted octanol–water partition coefficient (Wildman–Crippen LogP) is 1.56. The maximum Gasteiger partial charge on any atom is 0.335 e. The van der Waals surface area contributed by atoms with Gasteiger partial charge in [-0.15, -0.1) is 0 Å². The molecule has 0 amide bonds. The van der Waals surface area contributed by atoms with Crippen molar-refractivity contribution in [1.82, 2.24) is 21.1 Å². The molecule has 0 atom stereocenters. The summed E-state index contributed by atoms with van der Waals surface area (Å²) in [7, 11) is 0. The lowest BCUT2D eigenvalue weighted by Gasteiger charge is -2.32. The molecule has 7 heteroatoms. The van der Waals surface area contributed by atoms with Crippen molar-refractivity contribution >= 4 is 11.7 Å². The van der Waals surface area contributed by atoms with Crippen LogP contribution in [-0.2, 0) is 4.74 Å². The van der Waals surface area contributed by atoms with E-state index in [0.29, 0.717) is 6.04 Å². The molecule has 7 nitrogen and oxygen atoms in total. The molecule has 0 saturated carbocycles. The summed E-state index contributed by atoms with van der Waals surface area (Å²) >= 11 is 0. The van der Waals surface area contributed by atoms with Crippen molar-refractivity contribution < 1.29 is 14.6 Å². The molecule has 25 heavy (non-hydrogen) atoms. The first-order valence-corrected chi connectivity index (χ1v) is 8.34. The summed E-state index contributed by atoms with van der Waals surface area (Å²) in [5, 5.41) is 17.7. The molecular formula is C18H20N4O3. The summed E-state index contributed by atoms with van der Waals surface area (Å²) in [4.78, 5) is 11.0. The average molecular weight is 340 g/mol. The van der Waals surface area contributed by atoms with Gasteiger partial charge in [-0.1, -0.05) is 12.1 Å². The molecule has 1 fully saturated rings. The Bertz CT molecular complexity index is 761. The number of nitrogens with one attached hydrogen (secondary N) is 3. The van der Waals surface area contributed by atoms with Gasteiger partial charge in [0.2, 0.25) is 0 Å². The number of carbonyl (C=O) groups is 1. The van der Waals surface area contributed by atoms with Crippen LogP contribution in [0.5, 0.6) is 0 Å². The van der Waals surface area contributed by atoms with Crippen LogP contribution in [0.25, 0.3) is 5.70 Å². The van der Waals surface area contributed by atoms with Gasteiger partial charge < -0.3 is 20.5 Å². The van der Waals surface area contributed by atoms with E-state index in [4.69, 9.17) is 9.84 Å². The molecule has 0 bridgehead atoms. The van der Waals surface area contributed by atoms with Crippen molar-refractivity contribution in [3.63, 3.8) is 0 Å². The maximum atomic E-state index is 11.0. The number of fused-ring (bicyclic) bond motifs is 1. The molecule has 1 saturated heterocycles. The van der Waals surface area contributed by atoms with Crippen LogP contribution in [0, 0.1) is 0 Å². The third-order valence-electron chi connectivity index (χ3n) is 4.49. The van der Waals surface area contributed by atoms with E-state index in [0.717, 1.165) is 49.0 Å². The summed E-state index contributed by atoms with van der Waals surface area (Å²) in [6, 6.07) is 7.25. The highest BCUT2D eigenvalue weighted by Gasteiger charge is 2.26. The van der Waals surface area contributed by atoms with Crippen LogP contribution in [0.15, 0.2) is 54.3 Å². The molecule has 3 heterocycles. The molecule has 4 rings (SSSR count). The Morgan fingerprint density at radius 2 is 1.96 bits per heavy atom. The van der Waals surface area contributed by atoms with Crippen LogP contribution in [0.4, 0.5) is 0 Å². The first kappa shape index (κ1) is 15.6. The minimum atomic E-state index is -0.923. The van der Waals surface area contributed by atoms with Gasteiger partial charge in [-0.3, -0.25) is 5.43 Å². The average Bonchev–Trinajstić information content (AvgIpc) is 3.06. The molecule has 0 unspecified atom stereocenters. The monoisotopic (exact) mass is 340 g/mol. The van der Waals surface area contributed by atoms with Gasteiger partial charge in [0.05, 0.1) is 11.3 Å². The van der Waals surface area contributed by atoms with Crippen LogP contribution in [0.3, 0.4) is 0 Å². The Morgan fingerprint density at radius 3 is 2.68 bits per heavy atom. The molecule has 0 spiro atoms. The van der Waals surface area contributed by atoms with Crippen molar-refractivity contribution in [2.75, 3.05) is 13.2 Å². The maximum absolute atomic E-state index is 11.0. The van der Waals surface area contributed by atoms with Crippen molar-refractivity contribution in [2.24, 2.45) is 0 Å². The fourth-order valence-corrected chi connectivity index (χ4v) is 3.10. The number of rotatable bonds is 4. The smallest absolute Gasteiger partial charge is 0.335 e. The first-order chi connectivity index (χ1) is 12.2. The highest BCUT2D eigenvalue weighted by atomic mass is 16.5. The quantitative estimate of drug-likeness (QED) is 0.662. The van der Waals surface area contributed by atoms with E-state index in [2.05, 4.69) is 16.1 Å². The van der Waals surface area contributed by atoms with Crippen molar-refractivity contribution in [2.45, 2.75) is 18.9 Å². The second-order valence-corrected chi connectivity index (χ2v) is 6.17. The van der Waals surface area contributed by atoms with Gasteiger partial charge in [0.1, 0.15) is 11.6 Å². The third-order valence-corrected chi connectivity index (χ3v) is 4.49. The van der Waals surface area contributed by atoms with Gasteiger partial charge in [0.15, 0.2) is 0 Å². The predicted molar refractivity (Wildman–Crippen MR) is 92.6 cm³/mol. The second kappa shape index (κ2) is 6.52. The Labute approximate surface area is 145 Å². The van der Waals surface area contributed by atoms with Crippen molar-refractivity contribution in [1.29, 1.82) is 0 Å². The zero-order valence-corrected chi connectivity index (χ0v) is 13.7.